The van der Waals surface area contributed by atoms with Crippen molar-refractivity contribution in [3.05, 3.63) is 24.0 Å². The zero-order chi connectivity index (χ0) is 15.6. The van der Waals surface area contributed by atoms with Crippen LogP contribution in [0.4, 0.5) is 4.39 Å². The van der Waals surface area contributed by atoms with Gasteiger partial charge in [-0.15, -0.1) is 0 Å². The third-order valence-electron chi connectivity index (χ3n) is 3.55. The van der Waals surface area contributed by atoms with Gasteiger partial charge >= 0.3 is 5.97 Å². The summed E-state index contributed by atoms with van der Waals surface area (Å²) in [5.41, 5.74) is 0. The molecule has 6 nitrogen and oxygen atoms in total. The summed E-state index contributed by atoms with van der Waals surface area (Å²) in [5.74, 6) is -2.06. The molecule has 1 aromatic rings. The molecular weight excluding hydrogens is 301 g/mol. The van der Waals surface area contributed by atoms with Crippen LogP contribution in [-0.2, 0) is 14.8 Å². The molecule has 1 aliphatic heterocycles. The number of piperidine rings is 1. The maximum absolute atomic E-state index is 13.3. The van der Waals surface area contributed by atoms with Crippen molar-refractivity contribution in [2.45, 2.75) is 17.7 Å². The molecule has 1 aliphatic rings. The number of nitrogens with zero attached hydrogens (tertiary/aromatic N) is 1. The molecule has 0 unspecified atom stereocenters. The smallest absolute Gasteiger partial charge is 0.306 e. The van der Waals surface area contributed by atoms with E-state index in [1.54, 1.807) is 0 Å². The minimum Gasteiger partial charge on any atom is -0.495 e. The maximum atomic E-state index is 13.3. The monoisotopic (exact) mass is 317 g/mol. The Labute approximate surface area is 122 Å². The van der Waals surface area contributed by atoms with Crippen LogP contribution in [0, 0.1) is 11.7 Å². The van der Waals surface area contributed by atoms with Gasteiger partial charge in [0.15, 0.2) is 0 Å². The lowest BCUT2D eigenvalue weighted by Gasteiger charge is -2.29. The van der Waals surface area contributed by atoms with E-state index in [1.807, 2.05) is 0 Å². The molecule has 1 heterocycles. The van der Waals surface area contributed by atoms with Crippen LogP contribution in [0.3, 0.4) is 0 Å². The summed E-state index contributed by atoms with van der Waals surface area (Å²) in [6.45, 7) is 0.192. The molecule has 0 aromatic heterocycles. The molecule has 0 radical (unpaired) electrons. The number of carboxylic acid groups (broad SMARTS) is 1. The number of rotatable bonds is 4. The molecule has 0 spiro atoms. The van der Waals surface area contributed by atoms with Gasteiger partial charge in [-0.1, -0.05) is 0 Å². The first-order valence-electron chi connectivity index (χ1n) is 6.42. The van der Waals surface area contributed by atoms with Crippen LogP contribution in [0.2, 0.25) is 0 Å². The standard InChI is InChI=1S/C13H16FNO5S/c1-20-11-3-2-10(14)8-12(11)21(18,19)15-6-4-9(5-7-15)13(16)17/h2-3,8-9H,4-7H2,1H3,(H,16,17). The number of carboxylic acids is 1. The lowest BCUT2D eigenvalue weighted by atomic mass is 9.99. The maximum Gasteiger partial charge on any atom is 0.306 e. The summed E-state index contributed by atoms with van der Waals surface area (Å²) >= 11 is 0. The molecular formula is C13H16FNO5S. The largest absolute Gasteiger partial charge is 0.495 e. The summed E-state index contributed by atoms with van der Waals surface area (Å²) in [4.78, 5) is 10.7. The Morgan fingerprint density at radius 3 is 2.52 bits per heavy atom. The van der Waals surface area contributed by atoms with Gasteiger partial charge in [-0.05, 0) is 31.0 Å². The second-order valence-corrected chi connectivity index (χ2v) is 6.72. The Hall–Kier alpha value is -1.67. The zero-order valence-electron chi connectivity index (χ0n) is 11.5. The van der Waals surface area contributed by atoms with E-state index < -0.39 is 27.7 Å². The molecule has 21 heavy (non-hydrogen) atoms. The predicted octanol–water partition coefficient (Wildman–Crippen LogP) is 1.32. The number of hydrogen-bond acceptors (Lipinski definition) is 4. The van der Waals surface area contributed by atoms with Gasteiger partial charge in [0.1, 0.15) is 16.5 Å². The Kier molecular flexibility index (Phi) is 4.48. The molecule has 0 bridgehead atoms. The highest BCUT2D eigenvalue weighted by Gasteiger charge is 2.33. The van der Waals surface area contributed by atoms with E-state index in [0.29, 0.717) is 0 Å². The molecule has 1 saturated heterocycles. The number of methoxy groups -OCH3 is 1. The molecule has 1 N–H and O–H groups in total. The second-order valence-electron chi connectivity index (χ2n) is 4.81. The van der Waals surface area contributed by atoms with Crippen molar-refractivity contribution in [3.8, 4) is 5.75 Å². The van der Waals surface area contributed by atoms with Gasteiger partial charge in [0.2, 0.25) is 10.0 Å². The Bertz CT molecular complexity index is 638. The van der Waals surface area contributed by atoms with E-state index in [2.05, 4.69) is 0 Å². The van der Waals surface area contributed by atoms with Crippen LogP contribution in [-0.4, -0.2) is 44.0 Å². The quantitative estimate of drug-likeness (QED) is 0.905. The summed E-state index contributed by atoms with van der Waals surface area (Å²) in [7, 11) is -2.59. The van der Waals surface area contributed by atoms with Gasteiger partial charge in [0.25, 0.3) is 0 Å². The van der Waals surface area contributed by atoms with E-state index in [1.165, 1.54) is 17.5 Å². The predicted molar refractivity (Wildman–Crippen MR) is 72.1 cm³/mol. The fourth-order valence-electron chi connectivity index (χ4n) is 2.33. The number of benzene rings is 1. The Morgan fingerprint density at radius 2 is 2.00 bits per heavy atom. The fourth-order valence-corrected chi connectivity index (χ4v) is 3.97. The summed E-state index contributed by atoms with van der Waals surface area (Å²) in [6.07, 6.45) is 0.485. The van der Waals surface area contributed by atoms with Crippen molar-refractivity contribution in [2.24, 2.45) is 5.92 Å². The highest BCUT2D eigenvalue weighted by atomic mass is 32.2. The zero-order valence-corrected chi connectivity index (χ0v) is 12.3. The normalized spacial score (nSPS) is 17.6. The van der Waals surface area contributed by atoms with Crippen LogP contribution < -0.4 is 4.74 Å². The first-order valence-corrected chi connectivity index (χ1v) is 7.86. The topological polar surface area (TPSA) is 83.9 Å². The SMILES string of the molecule is COc1ccc(F)cc1S(=O)(=O)N1CCC(C(=O)O)CC1. The molecule has 0 amide bonds. The van der Waals surface area contributed by atoms with Gasteiger partial charge in [0.05, 0.1) is 13.0 Å². The van der Waals surface area contributed by atoms with E-state index in [4.69, 9.17) is 9.84 Å². The van der Waals surface area contributed by atoms with E-state index in [9.17, 15) is 17.6 Å². The second kappa shape index (κ2) is 5.98. The first kappa shape index (κ1) is 15.7. The third kappa shape index (κ3) is 3.16. The Balaban J connectivity index is 2.27. The van der Waals surface area contributed by atoms with Crippen LogP contribution in [0.5, 0.6) is 5.75 Å². The Morgan fingerprint density at radius 1 is 1.38 bits per heavy atom. The average Bonchev–Trinajstić information content (AvgIpc) is 2.47. The van der Waals surface area contributed by atoms with Crippen LogP contribution in [0.1, 0.15) is 12.8 Å². The third-order valence-corrected chi connectivity index (χ3v) is 5.47. The first-order chi connectivity index (χ1) is 9.86. The fraction of sp³-hybridized carbons (Fsp3) is 0.462. The molecule has 8 heteroatoms. The van der Waals surface area contributed by atoms with Gasteiger partial charge in [-0.3, -0.25) is 4.79 Å². The van der Waals surface area contributed by atoms with E-state index in [-0.39, 0.29) is 36.6 Å². The molecule has 0 atom stereocenters. The van der Waals surface area contributed by atoms with Crippen LogP contribution in [0.15, 0.2) is 23.1 Å². The van der Waals surface area contributed by atoms with Gasteiger partial charge < -0.3 is 9.84 Å². The summed E-state index contributed by atoms with van der Waals surface area (Å²) in [5, 5.41) is 8.93. The number of halogens is 1. The number of carbonyl (C=O) groups is 1. The average molecular weight is 317 g/mol. The summed E-state index contributed by atoms with van der Waals surface area (Å²) < 4.78 is 44.5. The molecule has 1 aromatic carbocycles. The minimum atomic E-state index is -3.90. The van der Waals surface area contributed by atoms with E-state index in [0.717, 1.165) is 12.1 Å². The van der Waals surface area contributed by atoms with Crippen LogP contribution >= 0.6 is 0 Å². The lowest BCUT2D eigenvalue weighted by Crippen LogP contribution is -2.40. The molecule has 0 aliphatic carbocycles. The van der Waals surface area contributed by atoms with Crippen molar-refractivity contribution in [1.82, 2.24) is 4.31 Å². The van der Waals surface area contributed by atoms with Gasteiger partial charge in [-0.2, -0.15) is 4.31 Å². The number of sulfonamides is 1. The highest BCUT2D eigenvalue weighted by Crippen LogP contribution is 2.30. The number of ether oxygens (including phenoxy) is 1. The van der Waals surface area contributed by atoms with Gasteiger partial charge in [-0.25, -0.2) is 12.8 Å². The summed E-state index contributed by atoms with van der Waals surface area (Å²) in [6, 6.07) is 3.29. The van der Waals surface area contributed by atoms with Crippen molar-refractivity contribution < 1.29 is 27.4 Å². The number of hydrogen-bond donors (Lipinski definition) is 1. The van der Waals surface area contributed by atoms with E-state index >= 15 is 0 Å². The minimum absolute atomic E-state index is 0.0664. The van der Waals surface area contributed by atoms with Crippen molar-refractivity contribution >= 4 is 16.0 Å². The highest BCUT2D eigenvalue weighted by molar-refractivity contribution is 7.89. The van der Waals surface area contributed by atoms with Crippen molar-refractivity contribution in [3.63, 3.8) is 0 Å². The molecule has 2 rings (SSSR count). The number of aliphatic carboxylic acids is 1. The van der Waals surface area contributed by atoms with Gasteiger partial charge in [0, 0.05) is 13.1 Å². The molecule has 1 fully saturated rings. The van der Waals surface area contributed by atoms with Crippen molar-refractivity contribution in [2.75, 3.05) is 20.2 Å². The molecule has 116 valence electrons. The van der Waals surface area contributed by atoms with Crippen molar-refractivity contribution in [1.29, 1.82) is 0 Å². The lowest BCUT2D eigenvalue weighted by molar-refractivity contribution is -0.142. The molecule has 0 saturated carbocycles. The van der Waals surface area contributed by atoms with Crippen LogP contribution in [0.25, 0.3) is 0 Å².